The highest BCUT2D eigenvalue weighted by molar-refractivity contribution is 6.33. The topological polar surface area (TPSA) is 101 Å². The number of aromatic nitrogens is 6. The molecule has 0 aliphatic rings. The average molecular weight is 398 g/mol. The summed E-state index contributed by atoms with van der Waals surface area (Å²) in [5, 5.41) is 14.1. The van der Waals surface area contributed by atoms with E-state index in [-0.39, 0.29) is 5.02 Å². The molecule has 4 aromatic rings. The van der Waals surface area contributed by atoms with Crippen molar-refractivity contribution in [3.05, 3.63) is 59.4 Å². The predicted octanol–water partition coefficient (Wildman–Crippen LogP) is 3.39. The Hall–Kier alpha value is -3.59. The maximum atomic E-state index is 13.5. The highest BCUT2D eigenvalue weighted by Gasteiger charge is 2.19. The Kier molecular flexibility index (Phi) is 4.58. The average Bonchev–Trinajstić information content (AvgIpc) is 3.33. The number of carbonyl (C=O) groups is 1. The van der Waals surface area contributed by atoms with E-state index < -0.39 is 5.82 Å². The van der Waals surface area contributed by atoms with Gasteiger partial charge in [0.15, 0.2) is 5.82 Å². The summed E-state index contributed by atoms with van der Waals surface area (Å²) in [5.41, 5.74) is 3.21. The zero-order valence-corrected chi connectivity index (χ0v) is 15.3. The fourth-order valence-electron chi connectivity index (χ4n) is 2.79. The number of hydrogen-bond acceptors (Lipinski definition) is 5. The van der Waals surface area contributed by atoms with Gasteiger partial charge in [0, 0.05) is 24.0 Å². The third kappa shape index (κ3) is 3.23. The van der Waals surface area contributed by atoms with Gasteiger partial charge >= 0.3 is 0 Å². The molecule has 1 amide bonds. The molecule has 0 aliphatic heterocycles. The van der Waals surface area contributed by atoms with Crippen molar-refractivity contribution in [1.29, 1.82) is 0 Å². The number of pyridine rings is 1. The summed E-state index contributed by atoms with van der Waals surface area (Å²) in [4.78, 5) is 19.1. The number of benzene rings is 1. The Balaban J connectivity index is 1.92. The zero-order valence-electron chi connectivity index (χ0n) is 14.5. The second kappa shape index (κ2) is 7.20. The van der Waals surface area contributed by atoms with Crippen LogP contribution in [0.15, 0.2) is 43.0 Å². The molecule has 0 unspecified atom stereocenters. The van der Waals surface area contributed by atoms with E-state index in [0.29, 0.717) is 40.6 Å². The van der Waals surface area contributed by atoms with Crippen LogP contribution in [-0.4, -0.2) is 36.4 Å². The number of aryl methyl sites for hydroxylation is 1. The van der Waals surface area contributed by atoms with Gasteiger partial charge < -0.3 is 5.32 Å². The molecule has 3 heterocycles. The Morgan fingerprint density at radius 3 is 2.82 bits per heavy atom. The maximum absolute atomic E-state index is 13.5. The molecule has 0 radical (unpaired) electrons. The highest BCUT2D eigenvalue weighted by Crippen LogP contribution is 2.35. The first-order valence-corrected chi connectivity index (χ1v) is 8.52. The van der Waals surface area contributed by atoms with Crippen molar-refractivity contribution in [3.63, 3.8) is 0 Å². The number of hydrogen-bond donors (Lipinski definition) is 2. The van der Waals surface area contributed by atoms with E-state index in [1.54, 1.807) is 29.2 Å². The van der Waals surface area contributed by atoms with Crippen molar-refractivity contribution in [2.75, 3.05) is 5.32 Å². The number of rotatable bonds is 5. The van der Waals surface area contributed by atoms with Gasteiger partial charge in [-0.2, -0.15) is 10.2 Å². The maximum Gasteiger partial charge on any atom is 0.212 e. The number of halogens is 2. The number of amides is 1. The first-order valence-electron chi connectivity index (χ1n) is 8.15. The number of H-pyrrole nitrogens is 1. The van der Waals surface area contributed by atoms with Crippen molar-refractivity contribution < 1.29 is 9.18 Å². The molecule has 3 aromatic heterocycles. The Bertz CT molecular complexity index is 1160. The normalized spacial score (nSPS) is 10.8. The molecule has 0 saturated heterocycles. The van der Waals surface area contributed by atoms with Crippen LogP contribution in [0, 0.1) is 12.7 Å². The lowest BCUT2D eigenvalue weighted by atomic mass is 10.1. The van der Waals surface area contributed by atoms with Crippen LogP contribution >= 0.6 is 11.6 Å². The summed E-state index contributed by atoms with van der Waals surface area (Å²) in [5.74, 6) is 0.428. The predicted molar refractivity (Wildman–Crippen MR) is 102 cm³/mol. The summed E-state index contributed by atoms with van der Waals surface area (Å²) >= 11 is 6.26. The van der Waals surface area contributed by atoms with Crippen molar-refractivity contribution >= 4 is 23.8 Å². The lowest BCUT2D eigenvalue weighted by Crippen LogP contribution is -2.03. The summed E-state index contributed by atoms with van der Waals surface area (Å²) in [7, 11) is 0. The van der Waals surface area contributed by atoms with Crippen molar-refractivity contribution in [3.8, 4) is 28.3 Å². The first kappa shape index (κ1) is 17.8. The van der Waals surface area contributed by atoms with Gasteiger partial charge in [0.2, 0.25) is 6.41 Å². The van der Waals surface area contributed by atoms with Crippen LogP contribution in [0.25, 0.3) is 28.3 Å². The second-order valence-corrected chi connectivity index (χ2v) is 6.32. The molecule has 1 aromatic carbocycles. The summed E-state index contributed by atoms with van der Waals surface area (Å²) in [6.45, 7) is 1.87. The number of carbonyl (C=O) groups excluding carboxylic acids is 1. The van der Waals surface area contributed by atoms with Crippen molar-refractivity contribution in [1.82, 2.24) is 29.9 Å². The molecule has 0 fully saturated rings. The molecule has 8 nitrogen and oxygen atoms in total. The third-order valence-electron chi connectivity index (χ3n) is 4.10. The largest absolute Gasteiger partial charge is 0.313 e. The van der Waals surface area contributed by atoms with Gasteiger partial charge in [-0.3, -0.25) is 9.89 Å². The van der Waals surface area contributed by atoms with Crippen LogP contribution in [0.2, 0.25) is 5.02 Å². The quantitative estimate of drug-likeness (QED) is 0.502. The molecule has 10 heteroatoms. The molecule has 0 aliphatic carbocycles. The number of anilines is 1. The van der Waals surface area contributed by atoms with E-state index in [2.05, 4.69) is 30.6 Å². The van der Waals surface area contributed by atoms with Gasteiger partial charge in [0.05, 0.1) is 16.3 Å². The monoisotopic (exact) mass is 397 g/mol. The molecule has 0 bridgehead atoms. The third-order valence-corrected chi connectivity index (χ3v) is 4.41. The van der Waals surface area contributed by atoms with E-state index >= 15 is 0 Å². The Morgan fingerprint density at radius 2 is 2.11 bits per heavy atom. The van der Waals surface area contributed by atoms with Crippen molar-refractivity contribution in [2.45, 2.75) is 6.92 Å². The minimum Gasteiger partial charge on any atom is -0.313 e. The summed E-state index contributed by atoms with van der Waals surface area (Å²) in [6, 6.07) is 5.79. The fourth-order valence-corrected chi connectivity index (χ4v) is 3.04. The number of aromatic amines is 1. The molecule has 0 saturated carbocycles. The molecule has 0 spiro atoms. The van der Waals surface area contributed by atoms with E-state index in [4.69, 9.17) is 11.6 Å². The van der Waals surface area contributed by atoms with E-state index in [1.807, 2.05) is 6.92 Å². The molecular formula is C18H13ClFN7O. The Labute approximate surface area is 163 Å². The summed E-state index contributed by atoms with van der Waals surface area (Å²) in [6.07, 6.45) is 5.31. The minimum atomic E-state index is -0.441. The van der Waals surface area contributed by atoms with Crippen LogP contribution in [0.1, 0.15) is 5.56 Å². The van der Waals surface area contributed by atoms with Crippen LogP contribution in [0.4, 0.5) is 10.2 Å². The van der Waals surface area contributed by atoms with Crippen molar-refractivity contribution in [2.24, 2.45) is 0 Å². The Morgan fingerprint density at radius 1 is 1.25 bits per heavy atom. The standard InChI is InChI=1S/C18H13ClFN7O/c1-10-6-21-16(23-9-28)5-15(10)27-7-13(18-22-8-24-25-18)17(26-27)12-3-2-11(20)4-14(12)19/h2-9H,1H3,(H,21,23,28)(H,22,24,25). The van der Waals surface area contributed by atoms with Gasteiger partial charge in [-0.25, -0.2) is 19.0 Å². The van der Waals surface area contributed by atoms with E-state index in [0.717, 1.165) is 5.56 Å². The van der Waals surface area contributed by atoms with Crippen LogP contribution in [0.5, 0.6) is 0 Å². The second-order valence-electron chi connectivity index (χ2n) is 5.91. The lowest BCUT2D eigenvalue weighted by Gasteiger charge is -2.07. The molecular weight excluding hydrogens is 385 g/mol. The van der Waals surface area contributed by atoms with Gasteiger partial charge in [-0.1, -0.05) is 11.6 Å². The zero-order chi connectivity index (χ0) is 19.7. The first-order chi connectivity index (χ1) is 13.6. The highest BCUT2D eigenvalue weighted by atomic mass is 35.5. The molecule has 0 atom stereocenters. The van der Waals surface area contributed by atoms with Gasteiger partial charge in [-0.15, -0.1) is 0 Å². The van der Waals surface area contributed by atoms with E-state index in [1.165, 1.54) is 18.5 Å². The van der Waals surface area contributed by atoms with Crippen LogP contribution in [0.3, 0.4) is 0 Å². The van der Waals surface area contributed by atoms with Gasteiger partial charge in [0.25, 0.3) is 0 Å². The molecule has 28 heavy (non-hydrogen) atoms. The molecule has 4 rings (SSSR count). The van der Waals surface area contributed by atoms with Crippen LogP contribution in [-0.2, 0) is 4.79 Å². The van der Waals surface area contributed by atoms with Crippen LogP contribution < -0.4 is 5.32 Å². The lowest BCUT2D eigenvalue weighted by molar-refractivity contribution is -0.105. The smallest absolute Gasteiger partial charge is 0.212 e. The SMILES string of the molecule is Cc1cnc(NC=O)cc1-n1cc(-c2ncn[nH]2)c(-c2ccc(F)cc2Cl)n1. The number of nitrogens with one attached hydrogen (secondary N) is 2. The minimum absolute atomic E-state index is 0.223. The molecule has 140 valence electrons. The van der Waals surface area contributed by atoms with Gasteiger partial charge in [0.1, 0.15) is 23.7 Å². The molecule has 2 N–H and O–H groups in total. The summed E-state index contributed by atoms with van der Waals surface area (Å²) < 4.78 is 15.1. The number of nitrogens with zero attached hydrogens (tertiary/aromatic N) is 5. The van der Waals surface area contributed by atoms with Gasteiger partial charge in [-0.05, 0) is 30.7 Å². The fraction of sp³-hybridized carbons (Fsp3) is 0.0556. The van der Waals surface area contributed by atoms with E-state index in [9.17, 15) is 9.18 Å².